The molecule has 9 heavy (non-hydrogen) atoms. The molecular weight excluding hydrogens is 112 g/mol. The number of hydrogen-bond acceptors (Lipinski definition) is 1. The molecule has 0 aliphatic rings. The van der Waals surface area contributed by atoms with Crippen LogP contribution in [0.15, 0.2) is 12.2 Å². The normalized spacial score (nSPS) is 14.6. The van der Waals surface area contributed by atoms with Gasteiger partial charge in [-0.15, -0.1) is 0 Å². The molecule has 54 valence electrons. The summed E-state index contributed by atoms with van der Waals surface area (Å²) < 4.78 is 0. The lowest BCUT2D eigenvalue weighted by molar-refractivity contribution is 0.167. The molecule has 0 saturated carbocycles. The van der Waals surface area contributed by atoms with Crippen LogP contribution in [0.4, 0.5) is 0 Å². The molecule has 0 aromatic heterocycles. The van der Waals surface area contributed by atoms with Gasteiger partial charge in [-0.3, -0.25) is 0 Å². The molecule has 0 radical (unpaired) electrons. The Labute approximate surface area is 57.4 Å². The molecule has 0 aliphatic carbocycles. The van der Waals surface area contributed by atoms with Crippen LogP contribution in [0, 0.1) is 0 Å². The molecule has 0 bridgehead atoms. The largest absolute Gasteiger partial charge is 0.393 e. The second-order valence-electron chi connectivity index (χ2n) is 2.25. The van der Waals surface area contributed by atoms with Crippen molar-refractivity contribution in [2.24, 2.45) is 0 Å². The fourth-order valence-corrected chi connectivity index (χ4v) is 0.744. The third-order valence-corrected chi connectivity index (χ3v) is 1.27. The Hall–Kier alpha value is -0.300. The van der Waals surface area contributed by atoms with E-state index < -0.39 is 0 Å². The monoisotopic (exact) mass is 128 g/mol. The van der Waals surface area contributed by atoms with Crippen LogP contribution in [0.5, 0.6) is 0 Å². The van der Waals surface area contributed by atoms with E-state index in [0.29, 0.717) is 0 Å². The molecule has 0 heterocycles. The summed E-state index contributed by atoms with van der Waals surface area (Å²) in [4.78, 5) is 0. The van der Waals surface area contributed by atoms with E-state index in [-0.39, 0.29) is 6.10 Å². The maximum atomic E-state index is 9.13. The van der Waals surface area contributed by atoms with Crippen LogP contribution in [0.3, 0.4) is 0 Å². The molecule has 0 aromatic rings. The Bertz CT molecular complexity index is 76.6. The molecule has 1 atom stereocenters. The summed E-state index contributed by atoms with van der Waals surface area (Å²) in [5.41, 5.74) is 0. The van der Waals surface area contributed by atoms with Crippen molar-refractivity contribution >= 4 is 0 Å². The van der Waals surface area contributed by atoms with Crippen LogP contribution in [0.1, 0.15) is 33.1 Å². The lowest BCUT2D eigenvalue weighted by Crippen LogP contribution is -2.02. The average Bonchev–Trinajstić information content (AvgIpc) is 1.85. The van der Waals surface area contributed by atoms with Gasteiger partial charge in [0.05, 0.1) is 6.10 Å². The van der Waals surface area contributed by atoms with Gasteiger partial charge in [0.2, 0.25) is 0 Å². The van der Waals surface area contributed by atoms with Gasteiger partial charge in [0, 0.05) is 0 Å². The predicted octanol–water partition coefficient (Wildman–Crippen LogP) is 2.11. The van der Waals surface area contributed by atoms with Gasteiger partial charge in [-0.05, 0) is 19.8 Å². The molecule has 0 fully saturated rings. The van der Waals surface area contributed by atoms with Crippen LogP contribution in [0.2, 0.25) is 0 Å². The van der Waals surface area contributed by atoms with Crippen molar-refractivity contribution in [3.8, 4) is 0 Å². The van der Waals surface area contributed by atoms with Crippen LogP contribution in [0.25, 0.3) is 0 Å². The minimum atomic E-state index is -0.119. The van der Waals surface area contributed by atoms with E-state index in [0.717, 1.165) is 19.3 Å². The highest BCUT2D eigenvalue weighted by molar-refractivity contribution is 4.79. The molecule has 0 spiro atoms. The van der Waals surface area contributed by atoms with Gasteiger partial charge in [0.25, 0.3) is 0 Å². The third kappa shape index (κ3) is 5.57. The molecule has 0 aromatic carbocycles. The summed E-state index contributed by atoms with van der Waals surface area (Å²) >= 11 is 0. The number of aliphatic hydroxyl groups excluding tert-OH is 1. The van der Waals surface area contributed by atoms with Gasteiger partial charge >= 0.3 is 0 Å². The van der Waals surface area contributed by atoms with Crippen molar-refractivity contribution in [1.82, 2.24) is 0 Å². The Morgan fingerprint density at radius 3 is 2.67 bits per heavy atom. The number of hydrogen-bond donors (Lipinski definition) is 1. The summed E-state index contributed by atoms with van der Waals surface area (Å²) in [5.74, 6) is 0. The highest BCUT2D eigenvalue weighted by Gasteiger charge is 1.96. The molecular formula is C8H16O. The Kier molecular flexibility index (Phi) is 5.64. The minimum Gasteiger partial charge on any atom is -0.393 e. The van der Waals surface area contributed by atoms with Gasteiger partial charge in [-0.1, -0.05) is 25.5 Å². The van der Waals surface area contributed by atoms with Crippen LogP contribution in [-0.2, 0) is 0 Å². The van der Waals surface area contributed by atoms with Crippen molar-refractivity contribution in [3.05, 3.63) is 12.2 Å². The number of rotatable bonds is 4. The molecule has 0 aliphatic heterocycles. The average molecular weight is 128 g/mol. The molecule has 1 unspecified atom stereocenters. The Morgan fingerprint density at radius 1 is 1.56 bits per heavy atom. The van der Waals surface area contributed by atoms with Gasteiger partial charge in [0.15, 0.2) is 0 Å². The van der Waals surface area contributed by atoms with Crippen molar-refractivity contribution in [2.75, 3.05) is 0 Å². The second kappa shape index (κ2) is 5.83. The SMILES string of the molecule is C/C=C/CC(O)CCC. The van der Waals surface area contributed by atoms with E-state index in [4.69, 9.17) is 5.11 Å². The molecule has 0 saturated heterocycles. The third-order valence-electron chi connectivity index (χ3n) is 1.27. The lowest BCUT2D eigenvalue weighted by atomic mass is 10.1. The van der Waals surface area contributed by atoms with Crippen molar-refractivity contribution in [1.29, 1.82) is 0 Å². The smallest absolute Gasteiger partial charge is 0.0574 e. The molecule has 1 nitrogen and oxygen atoms in total. The van der Waals surface area contributed by atoms with Crippen molar-refractivity contribution in [3.63, 3.8) is 0 Å². The number of allylic oxidation sites excluding steroid dienone is 1. The van der Waals surface area contributed by atoms with Crippen LogP contribution in [-0.4, -0.2) is 11.2 Å². The van der Waals surface area contributed by atoms with Crippen molar-refractivity contribution in [2.45, 2.75) is 39.2 Å². The second-order valence-corrected chi connectivity index (χ2v) is 2.25. The van der Waals surface area contributed by atoms with E-state index in [1.54, 1.807) is 0 Å². The van der Waals surface area contributed by atoms with Gasteiger partial charge in [-0.25, -0.2) is 0 Å². The van der Waals surface area contributed by atoms with Crippen LogP contribution >= 0.6 is 0 Å². The van der Waals surface area contributed by atoms with E-state index in [1.165, 1.54) is 0 Å². The van der Waals surface area contributed by atoms with Gasteiger partial charge < -0.3 is 5.11 Å². The fourth-order valence-electron chi connectivity index (χ4n) is 0.744. The maximum Gasteiger partial charge on any atom is 0.0574 e. The first-order valence-electron chi connectivity index (χ1n) is 3.60. The van der Waals surface area contributed by atoms with E-state index in [9.17, 15) is 0 Å². The lowest BCUT2D eigenvalue weighted by Gasteiger charge is -2.03. The quantitative estimate of drug-likeness (QED) is 0.575. The fraction of sp³-hybridized carbons (Fsp3) is 0.750. The summed E-state index contributed by atoms with van der Waals surface area (Å²) in [7, 11) is 0. The topological polar surface area (TPSA) is 20.2 Å². The predicted molar refractivity (Wildman–Crippen MR) is 40.3 cm³/mol. The molecule has 0 rings (SSSR count). The number of aliphatic hydroxyl groups is 1. The summed E-state index contributed by atoms with van der Waals surface area (Å²) in [6, 6.07) is 0. The maximum absolute atomic E-state index is 9.13. The standard InChI is InChI=1S/C8H16O/c1-3-5-7-8(9)6-4-2/h3,5,8-9H,4,6-7H2,1-2H3/b5-3+. The Balaban J connectivity index is 3.15. The highest BCUT2D eigenvalue weighted by Crippen LogP contribution is 2.00. The Morgan fingerprint density at radius 2 is 2.22 bits per heavy atom. The van der Waals surface area contributed by atoms with E-state index in [2.05, 4.69) is 6.92 Å². The summed E-state index contributed by atoms with van der Waals surface area (Å²) in [6.45, 7) is 4.05. The van der Waals surface area contributed by atoms with E-state index in [1.807, 2.05) is 19.1 Å². The molecule has 1 heteroatoms. The zero-order valence-electron chi connectivity index (χ0n) is 6.30. The first-order valence-corrected chi connectivity index (χ1v) is 3.60. The first kappa shape index (κ1) is 8.70. The van der Waals surface area contributed by atoms with Gasteiger partial charge in [0.1, 0.15) is 0 Å². The zero-order valence-corrected chi connectivity index (χ0v) is 6.30. The summed E-state index contributed by atoms with van der Waals surface area (Å²) in [5, 5.41) is 9.13. The first-order chi connectivity index (χ1) is 4.31. The van der Waals surface area contributed by atoms with Gasteiger partial charge in [-0.2, -0.15) is 0 Å². The zero-order chi connectivity index (χ0) is 7.11. The van der Waals surface area contributed by atoms with Crippen molar-refractivity contribution < 1.29 is 5.11 Å². The highest BCUT2D eigenvalue weighted by atomic mass is 16.3. The van der Waals surface area contributed by atoms with E-state index >= 15 is 0 Å². The van der Waals surface area contributed by atoms with Crippen LogP contribution < -0.4 is 0 Å². The summed E-state index contributed by atoms with van der Waals surface area (Å²) in [6.07, 6.45) is 6.65. The molecule has 1 N–H and O–H groups in total. The molecule has 0 amide bonds. The minimum absolute atomic E-state index is 0.119.